The van der Waals surface area contributed by atoms with Crippen molar-refractivity contribution in [3.05, 3.63) is 106 Å². The minimum Gasteiger partial charge on any atom is -0.467 e. The average molecular weight is 364 g/mol. The molecule has 0 unspecified atom stereocenters. The summed E-state index contributed by atoms with van der Waals surface area (Å²) in [6, 6.07) is 19.6. The van der Waals surface area contributed by atoms with Crippen LogP contribution in [0.4, 0.5) is 0 Å². The van der Waals surface area contributed by atoms with Gasteiger partial charge in [-0.3, -0.25) is 15.4 Å². The number of hydrogen-bond acceptors (Lipinski definition) is 5. The van der Waals surface area contributed by atoms with Crippen LogP contribution in [0.3, 0.4) is 0 Å². The third kappa shape index (κ3) is 3.13. The largest absolute Gasteiger partial charge is 0.467 e. The smallest absolute Gasteiger partial charge is 0.267 e. The highest BCUT2D eigenvalue weighted by Crippen LogP contribution is 2.46. The van der Waals surface area contributed by atoms with Crippen LogP contribution in [0, 0.1) is 10.1 Å². The van der Waals surface area contributed by atoms with E-state index in [2.05, 4.69) is 5.32 Å². The van der Waals surface area contributed by atoms with Gasteiger partial charge < -0.3 is 9.52 Å². The van der Waals surface area contributed by atoms with Crippen molar-refractivity contribution in [2.75, 3.05) is 0 Å². The fourth-order valence-electron chi connectivity index (χ4n) is 3.99. The van der Waals surface area contributed by atoms with Crippen molar-refractivity contribution in [1.82, 2.24) is 5.32 Å². The van der Waals surface area contributed by atoms with E-state index >= 15 is 0 Å². The van der Waals surface area contributed by atoms with Gasteiger partial charge in [0.2, 0.25) is 0 Å². The lowest BCUT2D eigenvalue weighted by atomic mass is 9.73. The van der Waals surface area contributed by atoms with Crippen molar-refractivity contribution in [1.29, 1.82) is 0 Å². The van der Waals surface area contributed by atoms with Crippen LogP contribution in [0.2, 0.25) is 0 Å². The maximum Gasteiger partial charge on any atom is 0.267 e. The quantitative estimate of drug-likeness (QED) is 0.546. The normalized spacial score (nSPS) is 28.0. The number of nitrogens with one attached hydrogen (secondary N) is 1. The van der Waals surface area contributed by atoms with E-state index in [0.29, 0.717) is 11.3 Å². The van der Waals surface area contributed by atoms with E-state index < -0.39 is 22.6 Å². The molecule has 0 aliphatic carbocycles. The van der Waals surface area contributed by atoms with E-state index in [4.69, 9.17) is 4.42 Å². The van der Waals surface area contributed by atoms with Crippen LogP contribution < -0.4 is 5.32 Å². The number of nitro groups is 1. The fraction of sp³-hybridized carbons (Fsp3) is 0.238. The molecular weight excluding hydrogens is 344 g/mol. The molecule has 1 saturated heterocycles. The average Bonchev–Trinajstić information content (AvgIpc) is 3.23. The Balaban J connectivity index is 1.84. The van der Waals surface area contributed by atoms with E-state index in [1.165, 1.54) is 6.26 Å². The van der Waals surface area contributed by atoms with Gasteiger partial charge in [-0.05, 0) is 23.3 Å². The predicted octanol–water partition coefficient (Wildman–Crippen LogP) is 3.59. The highest BCUT2D eigenvalue weighted by atomic mass is 16.6. The zero-order valence-corrected chi connectivity index (χ0v) is 14.6. The van der Waals surface area contributed by atoms with Crippen molar-refractivity contribution in [3.63, 3.8) is 0 Å². The first-order valence-electron chi connectivity index (χ1n) is 8.85. The van der Waals surface area contributed by atoms with Crippen molar-refractivity contribution in [2.45, 2.75) is 30.1 Å². The van der Waals surface area contributed by atoms with Crippen LogP contribution in [0.1, 0.15) is 35.4 Å². The maximum absolute atomic E-state index is 12.1. The zero-order valence-electron chi connectivity index (χ0n) is 14.6. The monoisotopic (exact) mass is 364 g/mol. The molecule has 1 aromatic heterocycles. The molecule has 1 fully saturated rings. The first-order chi connectivity index (χ1) is 13.1. The van der Waals surface area contributed by atoms with Crippen LogP contribution >= 0.6 is 0 Å². The van der Waals surface area contributed by atoms with Gasteiger partial charge in [-0.1, -0.05) is 60.7 Å². The molecular formula is C21H20N2O4. The molecule has 2 aromatic carbocycles. The second-order valence-electron chi connectivity index (χ2n) is 6.85. The van der Waals surface area contributed by atoms with Crippen molar-refractivity contribution in [3.8, 4) is 0 Å². The Morgan fingerprint density at radius 2 is 1.70 bits per heavy atom. The number of benzene rings is 2. The molecule has 1 aliphatic rings. The third-order valence-corrected chi connectivity index (χ3v) is 5.25. The molecule has 2 heterocycles. The van der Waals surface area contributed by atoms with Crippen molar-refractivity contribution >= 4 is 0 Å². The summed E-state index contributed by atoms with van der Waals surface area (Å²) in [5.41, 5.74) is -0.149. The molecule has 4 atom stereocenters. The summed E-state index contributed by atoms with van der Waals surface area (Å²) in [5, 5.41) is 27.0. The second-order valence-corrected chi connectivity index (χ2v) is 6.85. The Kier molecular flexibility index (Phi) is 4.51. The Hall–Kier alpha value is -2.96. The van der Waals surface area contributed by atoms with Gasteiger partial charge >= 0.3 is 0 Å². The number of nitrogens with zero attached hydrogens (tertiary/aromatic N) is 1. The molecule has 27 heavy (non-hydrogen) atoms. The lowest BCUT2D eigenvalue weighted by Gasteiger charge is -2.43. The lowest BCUT2D eigenvalue weighted by molar-refractivity contribution is -0.559. The van der Waals surface area contributed by atoms with Gasteiger partial charge in [-0.2, -0.15) is 0 Å². The van der Waals surface area contributed by atoms with Crippen LogP contribution in [0.5, 0.6) is 0 Å². The summed E-state index contributed by atoms with van der Waals surface area (Å²) in [4.78, 5) is 11.6. The maximum atomic E-state index is 12.1. The predicted molar refractivity (Wildman–Crippen MR) is 99.5 cm³/mol. The number of piperidine rings is 1. The SMILES string of the molecule is O=[N+]([O-])[C@@H]1[C@@H](c2ccco2)N[C@@H](c2ccccc2)C[C@@]1(O)c1ccccc1. The van der Waals surface area contributed by atoms with Gasteiger partial charge in [0.05, 0.1) is 6.26 Å². The summed E-state index contributed by atoms with van der Waals surface area (Å²) >= 11 is 0. The Morgan fingerprint density at radius 1 is 1.04 bits per heavy atom. The molecule has 0 amide bonds. The van der Waals surface area contributed by atoms with Gasteiger partial charge in [0.15, 0.2) is 5.60 Å². The highest BCUT2D eigenvalue weighted by Gasteiger charge is 2.57. The Labute approximate surface area is 156 Å². The minimum atomic E-state index is -1.64. The van der Waals surface area contributed by atoms with E-state index in [1.54, 1.807) is 36.4 Å². The van der Waals surface area contributed by atoms with Gasteiger partial charge in [0, 0.05) is 17.4 Å². The Bertz CT molecular complexity index is 898. The molecule has 0 saturated carbocycles. The summed E-state index contributed by atoms with van der Waals surface area (Å²) in [6.07, 6.45) is 1.67. The summed E-state index contributed by atoms with van der Waals surface area (Å²) in [7, 11) is 0. The number of rotatable bonds is 4. The first-order valence-corrected chi connectivity index (χ1v) is 8.85. The van der Waals surface area contributed by atoms with Crippen molar-refractivity contribution < 1.29 is 14.4 Å². The number of hydrogen-bond donors (Lipinski definition) is 2. The third-order valence-electron chi connectivity index (χ3n) is 5.25. The molecule has 4 rings (SSSR count). The fourth-order valence-corrected chi connectivity index (χ4v) is 3.99. The van der Waals surface area contributed by atoms with Gasteiger partial charge in [-0.15, -0.1) is 0 Å². The van der Waals surface area contributed by atoms with Gasteiger partial charge in [0.25, 0.3) is 6.04 Å². The molecule has 6 heteroatoms. The highest BCUT2D eigenvalue weighted by molar-refractivity contribution is 5.31. The molecule has 1 aliphatic heterocycles. The molecule has 3 aromatic rings. The van der Waals surface area contributed by atoms with Crippen LogP contribution in [0.15, 0.2) is 83.5 Å². The van der Waals surface area contributed by atoms with Crippen LogP contribution in [-0.4, -0.2) is 16.1 Å². The summed E-state index contributed by atoms with van der Waals surface area (Å²) < 4.78 is 5.49. The van der Waals surface area contributed by atoms with Gasteiger partial charge in [0.1, 0.15) is 11.8 Å². The number of furan rings is 1. The molecule has 0 radical (unpaired) electrons. The van der Waals surface area contributed by atoms with Gasteiger partial charge in [-0.25, -0.2) is 0 Å². The van der Waals surface area contributed by atoms with Crippen LogP contribution in [0.25, 0.3) is 0 Å². The van der Waals surface area contributed by atoms with E-state index in [0.717, 1.165) is 5.56 Å². The molecule has 138 valence electrons. The molecule has 0 bridgehead atoms. The summed E-state index contributed by atoms with van der Waals surface area (Å²) in [6.45, 7) is 0. The zero-order chi connectivity index (χ0) is 18.9. The van der Waals surface area contributed by atoms with Crippen molar-refractivity contribution in [2.24, 2.45) is 0 Å². The van der Waals surface area contributed by atoms with E-state index in [9.17, 15) is 15.2 Å². The number of aliphatic hydroxyl groups is 1. The van der Waals surface area contributed by atoms with Crippen LogP contribution in [-0.2, 0) is 5.60 Å². The minimum absolute atomic E-state index is 0.184. The lowest BCUT2D eigenvalue weighted by Crippen LogP contribution is -2.58. The molecule has 0 spiro atoms. The first kappa shape index (κ1) is 17.5. The van der Waals surface area contributed by atoms with E-state index in [-0.39, 0.29) is 12.5 Å². The molecule has 6 nitrogen and oxygen atoms in total. The summed E-state index contributed by atoms with van der Waals surface area (Å²) in [5.74, 6) is 0.437. The Morgan fingerprint density at radius 3 is 2.30 bits per heavy atom. The topological polar surface area (TPSA) is 88.5 Å². The second kappa shape index (κ2) is 6.98. The standard InChI is InChI=1S/C21H20N2O4/c24-21(16-10-5-2-6-11-16)14-17(15-8-3-1-4-9-15)22-19(20(21)23(25)26)18-12-7-13-27-18/h1-13,17,19-20,22,24H,14H2/t17-,19-,20-,21-/m1/s1. The van der Waals surface area contributed by atoms with E-state index in [1.807, 2.05) is 36.4 Å². The molecule has 2 N–H and O–H groups in total.